The topological polar surface area (TPSA) is 60.0 Å². The summed E-state index contributed by atoms with van der Waals surface area (Å²) in [4.78, 5) is 6.59. The Labute approximate surface area is 194 Å². The second-order valence-corrected chi connectivity index (χ2v) is 10.2. The van der Waals surface area contributed by atoms with Crippen molar-refractivity contribution in [3.8, 4) is 11.6 Å². The van der Waals surface area contributed by atoms with Crippen LogP contribution in [0.3, 0.4) is 0 Å². The van der Waals surface area contributed by atoms with E-state index in [1.54, 1.807) is 23.9 Å². The molecule has 3 heterocycles. The zero-order chi connectivity index (χ0) is 23.4. The molecule has 2 aliphatic rings. The third-order valence-electron chi connectivity index (χ3n) is 7.13. The molecule has 2 fully saturated rings. The normalized spacial score (nSPS) is 23.6. The van der Waals surface area contributed by atoms with Gasteiger partial charge in [0.15, 0.2) is 17.3 Å². The minimum absolute atomic E-state index is 0.0267. The number of likely N-dealkylation sites (tertiary alicyclic amines) is 1. The molecule has 1 unspecified atom stereocenters. The Balaban J connectivity index is 1.16. The minimum atomic E-state index is -4.29. The number of rotatable bonds is 7. The highest BCUT2D eigenvalue weighted by molar-refractivity contribution is 7.99. The lowest BCUT2D eigenvalue weighted by Gasteiger charge is -2.27. The van der Waals surface area contributed by atoms with Crippen LogP contribution in [0.4, 0.5) is 13.2 Å². The Morgan fingerprint density at radius 3 is 2.67 bits per heavy atom. The smallest absolute Gasteiger partial charge is 0.416 e. The van der Waals surface area contributed by atoms with Crippen LogP contribution >= 0.6 is 11.8 Å². The maximum absolute atomic E-state index is 12.9. The molecular formula is C23H26F3N5OS. The van der Waals surface area contributed by atoms with Gasteiger partial charge in [0.1, 0.15) is 0 Å². The van der Waals surface area contributed by atoms with Crippen LogP contribution in [0, 0.1) is 12.8 Å². The van der Waals surface area contributed by atoms with E-state index in [0.717, 1.165) is 48.1 Å². The Kier molecular flexibility index (Phi) is 5.55. The van der Waals surface area contributed by atoms with Gasteiger partial charge in [-0.1, -0.05) is 23.9 Å². The van der Waals surface area contributed by atoms with E-state index in [9.17, 15) is 13.2 Å². The molecule has 33 heavy (non-hydrogen) atoms. The van der Waals surface area contributed by atoms with Crippen molar-refractivity contribution in [3.05, 3.63) is 47.5 Å². The van der Waals surface area contributed by atoms with Crippen LogP contribution in [0.1, 0.15) is 36.6 Å². The fourth-order valence-corrected chi connectivity index (χ4v) is 5.97. The zero-order valence-corrected chi connectivity index (χ0v) is 19.6. The van der Waals surface area contributed by atoms with E-state index in [-0.39, 0.29) is 5.41 Å². The van der Waals surface area contributed by atoms with Gasteiger partial charge in [-0.15, -0.1) is 10.2 Å². The number of aromatic nitrogens is 4. The highest BCUT2D eigenvalue weighted by Crippen LogP contribution is 2.59. The molecule has 1 aromatic carbocycles. The molecule has 10 heteroatoms. The van der Waals surface area contributed by atoms with E-state index in [1.165, 1.54) is 18.5 Å². The van der Waals surface area contributed by atoms with Crippen molar-refractivity contribution in [2.75, 3.05) is 18.8 Å². The van der Waals surface area contributed by atoms with Gasteiger partial charge in [-0.2, -0.15) is 13.2 Å². The summed E-state index contributed by atoms with van der Waals surface area (Å²) in [5.41, 5.74) is 1.27. The molecule has 0 bridgehead atoms. The summed E-state index contributed by atoms with van der Waals surface area (Å²) in [5, 5.41) is 9.38. The SMILES string of the molecule is Cc1ncoc1-c1nnc(SCCC(C)N2C[C@@H]3C[C@]3(c3ccc(C(F)(F)F)cc3)C2)n1C. The van der Waals surface area contributed by atoms with Gasteiger partial charge in [-0.25, -0.2) is 4.98 Å². The van der Waals surface area contributed by atoms with Gasteiger partial charge >= 0.3 is 6.18 Å². The van der Waals surface area contributed by atoms with Gasteiger partial charge in [0.25, 0.3) is 0 Å². The molecule has 1 aliphatic heterocycles. The lowest BCUT2D eigenvalue weighted by molar-refractivity contribution is -0.137. The molecule has 0 spiro atoms. The molecular weight excluding hydrogens is 451 g/mol. The van der Waals surface area contributed by atoms with Crippen molar-refractivity contribution in [1.29, 1.82) is 0 Å². The molecule has 0 amide bonds. The van der Waals surface area contributed by atoms with Crippen LogP contribution in [-0.2, 0) is 18.6 Å². The first-order valence-electron chi connectivity index (χ1n) is 11.0. The summed E-state index contributed by atoms with van der Waals surface area (Å²) in [6, 6.07) is 6.18. The number of halogens is 3. The van der Waals surface area contributed by atoms with Crippen LogP contribution in [0.15, 0.2) is 40.2 Å². The van der Waals surface area contributed by atoms with Crippen LogP contribution in [-0.4, -0.2) is 49.5 Å². The number of thioether (sulfide) groups is 1. The monoisotopic (exact) mass is 477 g/mol. The molecule has 1 saturated heterocycles. The highest BCUT2D eigenvalue weighted by atomic mass is 32.2. The van der Waals surface area contributed by atoms with E-state index < -0.39 is 11.7 Å². The first kappa shape index (κ1) is 22.5. The van der Waals surface area contributed by atoms with Gasteiger partial charge in [-0.05, 0) is 50.3 Å². The number of alkyl halides is 3. The minimum Gasteiger partial charge on any atom is -0.440 e. The first-order chi connectivity index (χ1) is 15.7. The predicted molar refractivity (Wildman–Crippen MR) is 119 cm³/mol. The van der Waals surface area contributed by atoms with Crippen molar-refractivity contribution in [2.24, 2.45) is 13.0 Å². The van der Waals surface area contributed by atoms with E-state index in [1.807, 2.05) is 18.5 Å². The number of fused-ring (bicyclic) bond motifs is 1. The second kappa shape index (κ2) is 8.16. The van der Waals surface area contributed by atoms with Crippen molar-refractivity contribution in [3.63, 3.8) is 0 Å². The van der Waals surface area contributed by atoms with Crippen molar-refractivity contribution >= 4 is 11.8 Å². The Morgan fingerprint density at radius 2 is 2.00 bits per heavy atom. The van der Waals surface area contributed by atoms with Crippen LogP contribution in [0.25, 0.3) is 11.6 Å². The first-order valence-corrected chi connectivity index (χ1v) is 12.0. The summed E-state index contributed by atoms with van der Waals surface area (Å²) in [6.45, 7) is 6.02. The molecule has 176 valence electrons. The van der Waals surface area contributed by atoms with Crippen molar-refractivity contribution < 1.29 is 17.6 Å². The number of nitrogens with zero attached hydrogens (tertiary/aromatic N) is 5. The number of aryl methyl sites for hydroxylation is 1. The second-order valence-electron chi connectivity index (χ2n) is 9.18. The van der Waals surface area contributed by atoms with Gasteiger partial charge in [0.05, 0.1) is 11.3 Å². The number of hydrogen-bond acceptors (Lipinski definition) is 6. The Morgan fingerprint density at radius 1 is 1.24 bits per heavy atom. The van der Waals surface area contributed by atoms with Crippen LogP contribution in [0.5, 0.6) is 0 Å². The molecule has 0 radical (unpaired) electrons. The molecule has 5 rings (SSSR count). The molecule has 1 saturated carbocycles. The number of hydrogen-bond donors (Lipinski definition) is 0. The molecule has 3 aromatic rings. The zero-order valence-electron chi connectivity index (χ0n) is 18.8. The quantitative estimate of drug-likeness (QED) is 0.449. The fourth-order valence-electron chi connectivity index (χ4n) is 4.95. The van der Waals surface area contributed by atoms with E-state index in [4.69, 9.17) is 4.42 Å². The average molecular weight is 478 g/mol. The highest BCUT2D eigenvalue weighted by Gasteiger charge is 2.61. The summed E-state index contributed by atoms with van der Waals surface area (Å²) < 4.78 is 46.1. The molecule has 3 atom stereocenters. The maximum Gasteiger partial charge on any atom is 0.416 e. The molecule has 6 nitrogen and oxygen atoms in total. The number of benzene rings is 1. The van der Waals surface area contributed by atoms with E-state index >= 15 is 0 Å². The lowest BCUT2D eigenvalue weighted by atomic mass is 9.94. The number of piperidine rings is 1. The maximum atomic E-state index is 12.9. The average Bonchev–Trinajstić information content (AvgIpc) is 3.08. The lowest BCUT2D eigenvalue weighted by Crippen LogP contribution is -2.35. The van der Waals surface area contributed by atoms with Crippen molar-refractivity contribution in [2.45, 2.75) is 49.5 Å². The van der Waals surface area contributed by atoms with Gasteiger partial charge < -0.3 is 8.98 Å². The van der Waals surface area contributed by atoms with Crippen molar-refractivity contribution in [1.82, 2.24) is 24.6 Å². The van der Waals surface area contributed by atoms with Gasteiger partial charge in [-0.3, -0.25) is 4.90 Å². The summed E-state index contributed by atoms with van der Waals surface area (Å²) in [5.74, 6) is 2.74. The van der Waals surface area contributed by atoms with Crippen LogP contribution in [0.2, 0.25) is 0 Å². The molecule has 1 aliphatic carbocycles. The van der Waals surface area contributed by atoms with Crippen LogP contribution < -0.4 is 0 Å². The van der Waals surface area contributed by atoms with E-state index in [0.29, 0.717) is 23.5 Å². The Hall–Kier alpha value is -2.33. The largest absolute Gasteiger partial charge is 0.440 e. The third-order valence-corrected chi connectivity index (χ3v) is 8.19. The fraction of sp³-hybridized carbons (Fsp3) is 0.522. The van der Waals surface area contributed by atoms with Gasteiger partial charge in [0.2, 0.25) is 5.82 Å². The summed E-state index contributed by atoms with van der Waals surface area (Å²) in [6.07, 6.45) is -0.820. The molecule has 2 aromatic heterocycles. The summed E-state index contributed by atoms with van der Waals surface area (Å²) in [7, 11) is 1.92. The Bertz CT molecular complexity index is 1140. The molecule has 0 N–H and O–H groups in total. The summed E-state index contributed by atoms with van der Waals surface area (Å²) >= 11 is 1.66. The predicted octanol–water partition coefficient (Wildman–Crippen LogP) is 4.94. The van der Waals surface area contributed by atoms with Gasteiger partial charge in [0, 0.05) is 37.3 Å². The van der Waals surface area contributed by atoms with E-state index in [2.05, 4.69) is 27.0 Å². The standard InChI is InChI=1S/C23H26F3N5OS/c1-14(8-9-33-21-29-28-20(30(21)3)19-15(2)27-13-32-19)31-11-18-10-22(18,12-31)16-4-6-17(7-5-16)23(24,25)26/h4-7,13-14,18H,8-12H2,1-3H3/t14?,18-,22+/m0/s1. The third kappa shape index (κ3) is 4.07. The number of oxazole rings is 1.